The summed E-state index contributed by atoms with van der Waals surface area (Å²) in [7, 11) is 0. The number of aliphatic hydroxyl groups excluding tert-OH is 1. The van der Waals surface area contributed by atoms with E-state index < -0.39 is 0 Å². The Bertz CT molecular complexity index is 633. The van der Waals surface area contributed by atoms with Gasteiger partial charge in [0.15, 0.2) is 0 Å². The van der Waals surface area contributed by atoms with Gasteiger partial charge in [0.25, 0.3) is 5.91 Å². The molecule has 0 aliphatic rings. The molecule has 0 bridgehead atoms. The van der Waals surface area contributed by atoms with Crippen molar-refractivity contribution in [2.75, 3.05) is 24.7 Å². The number of carbonyl (C=O) groups excluding carboxylic acids is 1. The summed E-state index contributed by atoms with van der Waals surface area (Å²) in [6, 6.07) is 4.30. The largest absolute Gasteiger partial charge is 0.396 e. The molecule has 2 aromatic rings. The normalized spacial score (nSPS) is 11.0. The van der Waals surface area contributed by atoms with Gasteiger partial charge in [0.2, 0.25) is 0 Å². The Labute approximate surface area is 135 Å². The molecule has 0 aliphatic carbocycles. The molecule has 1 aromatic heterocycles. The molecule has 1 heterocycles. The Kier molecular flexibility index (Phi) is 6.29. The molecular formula is C14H15ClFNO2S2. The molecule has 21 heavy (non-hydrogen) atoms. The summed E-state index contributed by atoms with van der Waals surface area (Å²) in [6.45, 7) is 0.723. The summed E-state index contributed by atoms with van der Waals surface area (Å²) in [6.07, 6.45) is 0.756. The molecule has 0 fully saturated rings. The highest BCUT2D eigenvalue weighted by molar-refractivity contribution is 7.99. The second kappa shape index (κ2) is 7.98. The van der Waals surface area contributed by atoms with Crippen LogP contribution in [0.15, 0.2) is 18.2 Å². The molecule has 114 valence electrons. The summed E-state index contributed by atoms with van der Waals surface area (Å²) < 4.78 is 13.8. The van der Waals surface area contributed by atoms with Crippen LogP contribution in [-0.4, -0.2) is 35.7 Å². The fourth-order valence-electron chi connectivity index (χ4n) is 1.77. The van der Waals surface area contributed by atoms with E-state index in [0.29, 0.717) is 26.5 Å². The second-order valence-electron chi connectivity index (χ2n) is 4.33. The van der Waals surface area contributed by atoms with Crippen LogP contribution in [0.25, 0.3) is 10.1 Å². The van der Waals surface area contributed by atoms with Crippen LogP contribution in [0.2, 0.25) is 5.02 Å². The van der Waals surface area contributed by atoms with Crippen LogP contribution in [0.1, 0.15) is 16.1 Å². The predicted molar refractivity (Wildman–Crippen MR) is 88.2 cm³/mol. The number of thiophene rings is 1. The van der Waals surface area contributed by atoms with Gasteiger partial charge < -0.3 is 10.4 Å². The van der Waals surface area contributed by atoms with Crippen molar-refractivity contribution in [3.8, 4) is 0 Å². The van der Waals surface area contributed by atoms with Crippen LogP contribution >= 0.6 is 34.7 Å². The van der Waals surface area contributed by atoms with Crippen molar-refractivity contribution in [2.24, 2.45) is 0 Å². The zero-order valence-corrected chi connectivity index (χ0v) is 13.6. The van der Waals surface area contributed by atoms with Crippen molar-refractivity contribution in [3.05, 3.63) is 33.9 Å². The van der Waals surface area contributed by atoms with Crippen molar-refractivity contribution < 1.29 is 14.3 Å². The van der Waals surface area contributed by atoms with Crippen LogP contribution in [0.3, 0.4) is 0 Å². The third-order valence-electron chi connectivity index (χ3n) is 2.78. The van der Waals surface area contributed by atoms with Gasteiger partial charge in [0.05, 0.1) is 5.02 Å². The predicted octanol–water partition coefficient (Wildman–Crippen LogP) is 3.54. The zero-order valence-electron chi connectivity index (χ0n) is 11.2. The van der Waals surface area contributed by atoms with Gasteiger partial charge in [-0.15, -0.1) is 11.3 Å². The lowest BCUT2D eigenvalue weighted by Crippen LogP contribution is -2.25. The van der Waals surface area contributed by atoms with Crippen molar-refractivity contribution in [1.29, 1.82) is 0 Å². The lowest BCUT2D eigenvalue weighted by Gasteiger charge is -2.03. The van der Waals surface area contributed by atoms with E-state index in [1.54, 1.807) is 17.8 Å². The van der Waals surface area contributed by atoms with Crippen LogP contribution in [0.4, 0.5) is 4.39 Å². The minimum atomic E-state index is -0.340. The fraction of sp³-hybridized carbons (Fsp3) is 0.357. The summed E-state index contributed by atoms with van der Waals surface area (Å²) >= 11 is 9.05. The van der Waals surface area contributed by atoms with E-state index in [1.807, 2.05) is 0 Å². The first-order valence-electron chi connectivity index (χ1n) is 6.48. The highest BCUT2D eigenvalue weighted by Crippen LogP contribution is 2.35. The number of hydrogen-bond acceptors (Lipinski definition) is 4. The molecule has 0 saturated carbocycles. The van der Waals surface area contributed by atoms with Gasteiger partial charge in [0, 0.05) is 29.0 Å². The molecule has 0 aliphatic heterocycles. The molecule has 0 saturated heterocycles. The van der Waals surface area contributed by atoms with E-state index in [4.69, 9.17) is 16.7 Å². The third kappa shape index (κ3) is 4.32. The van der Waals surface area contributed by atoms with Crippen molar-refractivity contribution in [2.45, 2.75) is 6.42 Å². The molecule has 7 heteroatoms. The molecule has 0 spiro atoms. The average Bonchev–Trinajstić information content (AvgIpc) is 2.79. The Morgan fingerprint density at radius 1 is 1.43 bits per heavy atom. The quantitative estimate of drug-likeness (QED) is 0.753. The van der Waals surface area contributed by atoms with Crippen LogP contribution in [-0.2, 0) is 0 Å². The Morgan fingerprint density at radius 2 is 2.24 bits per heavy atom. The van der Waals surface area contributed by atoms with Crippen LogP contribution in [0, 0.1) is 5.82 Å². The van der Waals surface area contributed by atoms with E-state index >= 15 is 0 Å². The monoisotopic (exact) mass is 347 g/mol. The van der Waals surface area contributed by atoms with Gasteiger partial charge in [-0.05, 0) is 30.4 Å². The number of aliphatic hydroxyl groups is 1. The SMILES string of the molecule is O=C(NCCSCCCO)c1sc2cc(F)ccc2c1Cl. The number of halogens is 2. The minimum Gasteiger partial charge on any atom is -0.396 e. The number of amides is 1. The molecule has 3 nitrogen and oxygen atoms in total. The summed E-state index contributed by atoms with van der Waals surface area (Å²) in [5.74, 6) is 1.08. The Hall–Kier alpha value is -0.820. The highest BCUT2D eigenvalue weighted by Gasteiger charge is 2.17. The summed E-state index contributed by atoms with van der Waals surface area (Å²) in [4.78, 5) is 12.5. The van der Waals surface area contributed by atoms with Gasteiger partial charge in [-0.1, -0.05) is 11.6 Å². The lowest BCUT2D eigenvalue weighted by molar-refractivity contribution is 0.0960. The van der Waals surface area contributed by atoms with E-state index in [2.05, 4.69) is 5.32 Å². The first kappa shape index (κ1) is 16.5. The Morgan fingerprint density at radius 3 is 3.00 bits per heavy atom. The maximum atomic E-state index is 13.2. The zero-order chi connectivity index (χ0) is 15.2. The number of carbonyl (C=O) groups is 1. The number of nitrogens with one attached hydrogen (secondary N) is 1. The Balaban J connectivity index is 1.95. The van der Waals surface area contributed by atoms with Gasteiger partial charge in [-0.2, -0.15) is 11.8 Å². The van der Waals surface area contributed by atoms with E-state index in [1.165, 1.54) is 23.5 Å². The number of thioether (sulfide) groups is 1. The van der Waals surface area contributed by atoms with E-state index in [0.717, 1.165) is 17.9 Å². The fourth-order valence-corrected chi connectivity index (χ4v) is 4.01. The molecule has 2 rings (SSSR count). The maximum absolute atomic E-state index is 13.2. The molecule has 0 unspecified atom stereocenters. The summed E-state index contributed by atoms with van der Waals surface area (Å²) in [5.41, 5.74) is 0. The number of benzene rings is 1. The van der Waals surface area contributed by atoms with Crippen LogP contribution < -0.4 is 5.32 Å². The first-order valence-corrected chi connectivity index (χ1v) is 8.82. The maximum Gasteiger partial charge on any atom is 0.262 e. The van der Waals surface area contributed by atoms with Gasteiger partial charge in [-0.25, -0.2) is 4.39 Å². The molecule has 1 amide bonds. The average molecular weight is 348 g/mol. The van der Waals surface area contributed by atoms with Gasteiger partial charge in [-0.3, -0.25) is 4.79 Å². The van der Waals surface area contributed by atoms with Crippen molar-refractivity contribution >= 4 is 50.7 Å². The first-order chi connectivity index (χ1) is 10.1. The third-order valence-corrected chi connectivity index (χ3v) is 5.50. The van der Waals surface area contributed by atoms with Gasteiger partial charge >= 0.3 is 0 Å². The highest BCUT2D eigenvalue weighted by atomic mass is 35.5. The molecule has 2 N–H and O–H groups in total. The number of fused-ring (bicyclic) bond motifs is 1. The summed E-state index contributed by atoms with van der Waals surface area (Å²) in [5, 5.41) is 12.5. The second-order valence-corrected chi connectivity index (χ2v) is 6.99. The van der Waals surface area contributed by atoms with Gasteiger partial charge in [0.1, 0.15) is 10.7 Å². The topological polar surface area (TPSA) is 49.3 Å². The molecule has 1 aromatic carbocycles. The number of hydrogen-bond donors (Lipinski definition) is 2. The smallest absolute Gasteiger partial charge is 0.262 e. The van der Waals surface area contributed by atoms with E-state index in [9.17, 15) is 9.18 Å². The standard InChI is InChI=1S/C14H15ClFNO2S2/c15-12-10-3-2-9(16)8-11(10)21-13(12)14(19)17-4-7-20-6-1-5-18/h2-3,8,18H,1,4-7H2,(H,17,19). The van der Waals surface area contributed by atoms with Crippen molar-refractivity contribution in [1.82, 2.24) is 5.32 Å². The lowest BCUT2D eigenvalue weighted by atomic mass is 10.2. The molecule has 0 radical (unpaired) electrons. The molecule has 0 atom stereocenters. The van der Waals surface area contributed by atoms with Crippen LogP contribution in [0.5, 0.6) is 0 Å². The minimum absolute atomic E-state index is 0.188. The van der Waals surface area contributed by atoms with E-state index in [-0.39, 0.29) is 18.3 Å². The number of rotatable bonds is 7. The van der Waals surface area contributed by atoms with Crippen molar-refractivity contribution in [3.63, 3.8) is 0 Å². The molecular weight excluding hydrogens is 333 g/mol.